The quantitative estimate of drug-likeness (QED) is 0.232. The van der Waals surface area contributed by atoms with Crippen LogP contribution >= 0.6 is 11.3 Å². The van der Waals surface area contributed by atoms with Crippen LogP contribution in [0.25, 0.3) is 11.8 Å². The number of hydrogen-bond donors (Lipinski definition) is 0. The normalized spacial score (nSPS) is 16.3. The number of aryl methyl sites for hydroxylation is 1. The molecule has 0 saturated heterocycles. The molecule has 9 heteroatoms. The summed E-state index contributed by atoms with van der Waals surface area (Å²) in [5.41, 5.74) is 7.09. The molecule has 4 aromatic carbocycles. The molecule has 0 unspecified atom stereocenters. The van der Waals surface area contributed by atoms with Crippen molar-refractivity contribution in [3.05, 3.63) is 138 Å². The third kappa shape index (κ3) is 4.93. The maximum atomic E-state index is 14.2. The van der Waals surface area contributed by atoms with Crippen LogP contribution in [0.5, 0.6) is 28.7 Å². The van der Waals surface area contributed by atoms with Crippen molar-refractivity contribution in [1.29, 1.82) is 0 Å². The highest BCUT2D eigenvalue weighted by molar-refractivity contribution is 7.07. The van der Waals surface area contributed by atoms with Gasteiger partial charge in [-0.1, -0.05) is 53.8 Å². The molecule has 2 aliphatic heterocycles. The highest BCUT2D eigenvalue weighted by Crippen LogP contribution is 2.44. The minimum absolute atomic E-state index is 0.0906. The van der Waals surface area contributed by atoms with Gasteiger partial charge in [-0.25, -0.2) is 4.99 Å². The number of thiazole rings is 1. The summed E-state index contributed by atoms with van der Waals surface area (Å²) < 4.78 is 30.7. The molecule has 0 bridgehead atoms. The van der Waals surface area contributed by atoms with E-state index in [0.29, 0.717) is 27.4 Å². The Bertz CT molecular complexity index is 2200. The summed E-state index contributed by atoms with van der Waals surface area (Å²) >= 11 is 1.40. The maximum absolute atomic E-state index is 14.2. The Balaban J connectivity index is 1.17. The van der Waals surface area contributed by atoms with E-state index in [4.69, 9.17) is 28.7 Å². The monoisotopic (exact) mass is 630 g/mol. The number of ether oxygens (including phenoxy) is 5. The van der Waals surface area contributed by atoms with Crippen LogP contribution in [0, 0.1) is 0 Å². The van der Waals surface area contributed by atoms with E-state index < -0.39 is 0 Å². The van der Waals surface area contributed by atoms with E-state index in [1.165, 1.54) is 16.9 Å². The Hall–Kier alpha value is -5.28. The van der Waals surface area contributed by atoms with E-state index in [9.17, 15) is 4.79 Å². The fraction of sp³-hybridized carbons (Fsp3) is 0.189. The van der Waals surface area contributed by atoms with Crippen molar-refractivity contribution in [2.24, 2.45) is 4.99 Å². The molecule has 0 radical (unpaired) electrons. The molecule has 46 heavy (non-hydrogen) atoms. The molecule has 3 heterocycles. The highest BCUT2D eigenvalue weighted by Gasteiger charge is 2.34. The van der Waals surface area contributed by atoms with Crippen molar-refractivity contribution >= 4 is 23.1 Å². The van der Waals surface area contributed by atoms with Crippen LogP contribution in [0.1, 0.15) is 40.3 Å². The van der Waals surface area contributed by atoms with Crippen molar-refractivity contribution < 1.29 is 23.7 Å². The molecular weight excluding hydrogens is 600 g/mol. The van der Waals surface area contributed by atoms with Gasteiger partial charge in [-0.3, -0.25) is 9.36 Å². The lowest BCUT2D eigenvalue weighted by molar-refractivity contribution is 0.174. The summed E-state index contributed by atoms with van der Waals surface area (Å²) in [5.74, 6) is 3.61. The minimum atomic E-state index is -0.376. The van der Waals surface area contributed by atoms with Crippen LogP contribution in [-0.2, 0) is 13.0 Å². The van der Waals surface area contributed by atoms with Crippen molar-refractivity contribution in [2.45, 2.75) is 25.5 Å². The standard InChI is InChI=1S/C37H30N2O6S/c1-41-26-13-16-30(42-2)29(19-26)35-28-14-10-24-5-3-4-6-27(24)34(28)38-37-39(35)36(40)33(46-37)18-22-7-11-25(12-8-22)43-20-23-9-15-31-32(17-23)45-21-44-31/h3-9,11-13,15-19,35H,10,14,20-21H2,1-2H3/b33-18+/t35-/m0/s1. The van der Waals surface area contributed by atoms with E-state index in [-0.39, 0.29) is 18.4 Å². The lowest BCUT2D eigenvalue weighted by atomic mass is 9.83. The van der Waals surface area contributed by atoms with Crippen LogP contribution in [0.3, 0.4) is 0 Å². The lowest BCUT2D eigenvalue weighted by Crippen LogP contribution is -2.39. The Labute approximate surface area is 269 Å². The highest BCUT2D eigenvalue weighted by atomic mass is 32.1. The first-order valence-corrected chi connectivity index (χ1v) is 15.9. The van der Waals surface area contributed by atoms with E-state index in [0.717, 1.165) is 63.6 Å². The van der Waals surface area contributed by atoms with Gasteiger partial charge in [-0.15, -0.1) is 0 Å². The molecule has 8 rings (SSSR count). The van der Waals surface area contributed by atoms with Crippen LogP contribution in [0.2, 0.25) is 0 Å². The van der Waals surface area contributed by atoms with Crippen LogP contribution in [0.4, 0.5) is 0 Å². The Morgan fingerprint density at radius 2 is 1.74 bits per heavy atom. The van der Waals surface area contributed by atoms with Gasteiger partial charge in [0.15, 0.2) is 16.3 Å². The summed E-state index contributed by atoms with van der Waals surface area (Å²) in [4.78, 5) is 20.0. The molecule has 0 saturated carbocycles. The second kappa shape index (κ2) is 11.6. The zero-order valence-electron chi connectivity index (χ0n) is 25.3. The molecule has 5 aromatic rings. The predicted molar refractivity (Wildman–Crippen MR) is 176 cm³/mol. The van der Waals surface area contributed by atoms with E-state index in [1.54, 1.807) is 14.2 Å². The first-order chi connectivity index (χ1) is 22.6. The molecular formula is C37H30N2O6S. The molecule has 1 aromatic heterocycles. The van der Waals surface area contributed by atoms with Crippen molar-refractivity contribution in [3.63, 3.8) is 0 Å². The SMILES string of the molecule is COc1ccc(OC)c([C@@H]2C3=C(N=c4s/c(=C/c5ccc(OCc6ccc7c(c6)OCO7)cc5)c(=O)n42)c2ccccc2CC3)c1. The van der Waals surface area contributed by atoms with Crippen LogP contribution in [-0.4, -0.2) is 25.6 Å². The number of nitrogens with zero attached hydrogens (tertiary/aromatic N) is 2. The third-order valence-electron chi connectivity index (χ3n) is 8.62. The number of methoxy groups -OCH3 is 2. The molecule has 0 N–H and O–H groups in total. The van der Waals surface area contributed by atoms with Gasteiger partial charge in [0, 0.05) is 11.1 Å². The summed E-state index contributed by atoms with van der Waals surface area (Å²) in [6.45, 7) is 0.640. The van der Waals surface area contributed by atoms with Gasteiger partial charge in [-0.2, -0.15) is 0 Å². The third-order valence-corrected chi connectivity index (χ3v) is 9.61. The fourth-order valence-electron chi connectivity index (χ4n) is 6.36. The minimum Gasteiger partial charge on any atom is -0.497 e. The average molecular weight is 631 g/mol. The number of benzene rings is 4. The summed E-state index contributed by atoms with van der Waals surface area (Å²) in [7, 11) is 3.30. The van der Waals surface area contributed by atoms with Gasteiger partial charge >= 0.3 is 0 Å². The van der Waals surface area contributed by atoms with Gasteiger partial charge in [0.2, 0.25) is 6.79 Å². The van der Waals surface area contributed by atoms with Crippen molar-refractivity contribution in [1.82, 2.24) is 4.57 Å². The predicted octanol–water partition coefficient (Wildman–Crippen LogP) is 5.64. The Morgan fingerprint density at radius 3 is 2.59 bits per heavy atom. The molecule has 0 amide bonds. The van der Waals surface area contributed by atoms with Gasteiger partial charge in [-0.05, 0) is 83.6 Å². The zero-order chi connectivity index (χ0) is 31.2. The molecule has 1 aliphatic carbocycles. The van der Waals surface area contributed by atoms with Crippen LogP contribution in [0.15, 0.2) is 100 Å². The molecule has 0 fully saturated rings. The number of hydrogen-bond acceptors (Lipinski definition) is 8. The molecule has 1 atom stereocenters. The van der Waals surface area contributed by atoms with Crippen LogP contribution < -0.4 is 38.6 Å². The molecule has 0 spiro atoms. The van der Waals surface area contributed by atoms with E-state index in [1.807, 2.05) is 77.4 Å². The van der Waals surface area contributed by atoms with Gasteiger partial charge in [0.05, 0.1) is 30.5 Å². The first-order valence-electron chi connectivity index (χ1n) is 15.1. The smallest absolute Gasteiger partial charge is 0.271 e. The van der Waals surface area contributed by atoms with Gasteiger partial charge in [0.25, 0.3) is 5.56 Å². The van der Waals surface area contributed by atoms with Crippen molar-refractivity contribution in [2.75, 3.05) is 21.0 Å². The number of rotatable bonds is 7. The zero-order valence-corrected chi connectivity index (χ0v) is 26.1. The second-order valence-electron chi connectivity index (χ2n) is 11.3. The number of allylic oxidation sites excluding steroid dienone is 1. The number of aromatic nitrogens is 1. The second-order valence-corrected chi connectivity index (χ2v) is 12.3. The van der Waals surface area contributed by atoms with E-state index >= 15 is 0 Å². The summed E-state index contributed by atoms with van der Waals surface area (Å²) in [6.07, 6.45) is 3.58. The number of fused-ring (bicyclic) bond motifs is 4. The maximum Gasteiger partial charge on any atom is 0.271 e. The molecule has 3 aliphatic rings. The average Bonchev–Trinajstić information content (AvgIpc) is 3.70. The Kier molecular flexibility index (Phi) is 7.10. The Morgan fingerprint density at radius 1 is 0.913 bits per heavy atom. The fourth-order valence-corrected chi connectivity index (χ4v) is 7.36. The summed E-state index contributed by atoms with van der Waals surface area (Å²) in [6, 6.07) is 27.3. The van der Waals surface area contributed by atoms with Gasteiger partial charge < -0.3 is 23.7 Å². The molecule has 8 nitrogen and oxygen atoms in total. The largest absolute Gasteiger partial charge is 0.497 e. The molecule has 230 valence electrons. The first kappa shape index (κ1) is 28.2. The van der Waals surface area contributed by atoms with Crippen molar-refractivity contribution in [3.8, 4) is 28.7 Å². The van der Waals surface area contributed by atoms with Gasteiger partial charge in [0.1, 0.15) is 23.9 Å². The van der Waals surface area contributed by atoms with E-state index in [2.05, 4.69) is 18.2 Å². The lowest BCUT2D eigenvalue weighted by Gasteiger charge is -2.31. The summed E-state index contributed by atoms with van der Waals surface area (Å²) in [5, 5.41) is 0. The topological polar surface area (TPSA) is 80.5 Å².